The standard InChI is InChI=1S/C12H14INO2/c1-16-9-6-8(7-9)14-12(15)10-4-2-3-5-11(10)13/h2-5,8-9H,6-7H2,1H3,(H,14,15). The first-order valence-corrected chi connectivity index (χ1v) is 6.36. The van der Waals surface area contributed by atoms with Gasteiger partial charge in [-0.1, -0.05) is 12.1 Å². The van der Waals surface area contributed by atoms with E-state index in [1.165, 1.54) is 0 Å². The topological polar surface area (TPSA) is 38.3 Å². The van der Waals surface area contributed by atoms with E-state index >= 15 is 0 Å². The normalized spacial score (nSPS) is 23.6. The van der Waals surface area contributed by atoms with Gasteiger partial charge in [0.25, 0.3) is 5.91 Å². The van der Waals surface area contributed by atoms with Gasteiger partial charge in [-0.25, -0.2) is 0 Å². The largest absolute Gasteiger partial charge is 0.381 e. The summed E-state index contributed by atoms with van der Waals surface area (Å²) in [6.07, 6.45) is 2.16. The Kier molecular flexibility index (Phi) is 3.81. The van der Waals surface area contributed by atoms with Gasteiger partial charge in [-0.2, -0.15) is 0 Å². The molecule has 1 aliphatic carbocycles. The maximum Gasteiger partial charge on any atom is 0.252 e. The Balaban J connectivity index is 1.92. The molecule has 1 aromatic carbocycles. The molecule has 0 atom stereocenters. The van der Waals surface area contributed by atoms with Crippen molar-refractivity contribution in [3.05, 3.63) is 33.4 Å². The van der Waals surface area contributed by atoms with Gasteiger partial charge in [-0.3, -0.25) is 4.79 Å². The molecule has 0 bridgehead atoms. The van der Waals surface area contributed by atoms with Gasteiger partial charge in [0.2, 0.25) is 0 Å². The molecule has 16 heavy (non-hydrogen) atoms. The highest BCUT2D eigenvalue weighted by molar-refractivity contribution is 14.1. The summed E-state index contributed by atoms with van der Waals surface area (Å²) in [5.74, 6) is 0.0181. The van der Waals surface area contributed by atoms with Crippen LogP contribution in [-0.4, -0.2) is 25.2 Å². The number of hydrogen-bond donors (Lipinski definition) is 1. The monoisotopic (exact) mass is 331 g/mol. The summed E-state index contributed by atoms with van der Waals surface area (Å²) in [4.78, 5) is 11.9. The van der Waals surface area contributed by atoms with E-state index in [9.17, 15) is 4.79 Å². The molecular formula is C12H14INO2. The molecule has 0 radical (unpaired) electrons. The van der Waals surface area contributed by atoms with Crippen LogP contribution in [0.25, 0.3) is 0 Å². The van der Waals surface area contributed by atoms with E-state index in [-0.39, 0.29) is 11.9 Å². The van der Waals surface area contributed by atoms with E-state index in [1.54, 1.807) is 7.11 Å². The fraction of sp³-hybridized carbons (Fsp3) is 0.417. The second kappa shape index (κ2) is 5.14. The van der Waals surface area contributed by atoms with Crippen LogP contribution >= 0.6 is 22.6 Å². The summed E-state index contributed by atoms with van der Waals surface area (Å²) >= 11 is 2.18. The molecule has 0 spiro atoms. The summed E-state index contributed by atoms with van der Waals surface area (Å²) < 4.78 is 6.16. The van der Waals surface area contributed by atoms with Crippen molar-refractivity contribution in [2.45, 2.75) is 25.0 Å². The number of rotatable bonds is 3. The molecule has 0 unspecified atom stereocenters. The predicted molar refractivity (Wildman–Crippen MR) is 70.4 cm³/mol. The molecule has 1 saturated carbocycles. The van der Waals surface area contributed by atoms with Crippen LogP contribution in [0.2, 0.25) is 0 Å². The SMILES string of the molecule is COC1CC(NC(=O)c2ccccc2I)C1. The number of methoxy groups -OCH3 is 1. The van der Waals surface area contributed by atoms with Crippen LogP contribution in [0.15, 0.2) is 24.3 Å². The lowest BCUT2D eigenvalue weighted by Gasteiger charge is -2.34. The second-order valence-electron chi connectivity index (χ2n) is 3.98. The first-order chi connectivity index (χ1) is 7.70. The van der Waals surface area contributed by atoms with Crippen LogP contribution in [0.5, 0.6) is 0 Å². The molecule has 2 rings (SSSR count). The van der Waals surface area contributed by atoms with E-state index in [1.807, 2.05) is 24.3 Å². The minimum atomic E-state index is 0.0181. The third kappa shape index (κ3) is 2.55. The van der Waals surface area contributed by atoms with E-state index in [0.717, 1.165) is 22.0 Å². The van der Waals surface area contributed by atoms with Crippen molar-refractivity contribution in [2.75, 3.05) is 7.11 Å². The van der Waals surface area contributed by atoms with Gasteiger partial charge in [-0.15, -0.1) is 0 Å². The Morgan fingerprint density at radius 2 is 2.12 bits per heavy atom. The number of carbonyl (C=O) groups excluding carboxylic acids is 1. The Morgan fingerprint density at radius 1 is 1.44 bits per heavy atom. The van der Waals surface area contributed by atoms with Crippen LogP contribution in [0, 0.1) is 3.57 Å². The van der Waals surface area contributed by atoms with Crippen LogP contribution in [-0.2, 0) is 4.74 Å². The highest BCUT2D eigenvalue weighted by atomic mass is 127. The average molecular weight is 331 g/mol. The van der Waals surface area contributed by atoms with Gasteiger partial charge >= 0.3 is 0 Å². The zero-order valence-electron chi connectivity index (χ0n) is 9.07. The summed E-state index contributed by atoms with van der Waals surface area (Å²) in [6.45, 7) is 0. The van der Waals surface area contributed by atoms with E-state index in [0.29, 0.717) is 6.10 Å². The van der Waals surface area contributed by atoms with Gasteiger partial charge < -0.3 is 10.1 Å². The smallest absolute Gasteiger partial charge is 0.252 e. The third-order valence-electron chi connectivity index (χ3n) is 2.88. The van der Waals surface area contributed by atoms with Crippen molar-refractivity contribution in [3.8, 4) is 0 Å². The maximum atomic E-state index is 11.9. The van der Waals surface area contributed by atoms with Crippen LogP contribution < -0.4 is 5.32 Å². The van der Waals surface area contributed by atoms with Gasteiger partial charge in [0.1, 0.15) is 0 Å². The van der Waals surface area contributed by atoms with Crippen molar-refractivity contribution in [1.82, 2.24) is 5.32 Å². The van der Waals surface area contributed by atoms with Crippen molar-refractivity contribution in [2.24, 2.45) is 0 Å². The summed E-state index contributed by atoms with van der Waals surface area (Å²) in [5, 5.41) is 3.01. The van der Waals surface area contributed by atoms with Crippen molar-refractivity contribution < 1.29 is 9.53 Å². The van der Waals surface area contributed by atoms with Crippen LogP contribution in [0.1, 0.15) is 23.2 Å². The van der Waals surface area contributed by atoms with Crippen LogP contribution in [0.3, 0.4) is 0 Å². The number of nitrogens with one attached hydrogen (secondary N) is 1. The zero-order valence-corrected chi connectivity index (χ0v) is 11.2. The van der Waals surface area contributed by atoms with Gasteiger partial charge in [0.05, 0.1) is 11.7 Å². The minimum absolute atomic E-state index is 0.0181. The minimum Gasteiger partial charge on any atom is -0.381 e. The van der Waals surface area contributed by atoms with E-state index < -0.39 is 0 Å². The lowest BCUT2D eigenvalue weighted by atomic mass is 9.89. The van der Waals surface area contributed by atoms with Crippen LogP contribution in [0.4, 0.5) is 0 Å². The molecule has 1 aromatic rings. The van der Waals surface area contributed by atoms with E-state index in [4.69, 9.17) is 4.74 Å². The molecule has 0 heterocycles. The molecule has 4 heteroatoms. The molecule has 86 valence electrons. The summed E-state index contributed by atoms with van der Waals surface area (Å²) in [5.41, 5.74) is 0.754. The fourth-order valence-corrected chi connectivity index (χ4v) is 2.42. The number of benzene rings is 1. The second-order valence-corrected chi connectivity index (χ2v) is 5.14. The quantitative estimate of drug-likeness (QED) is 0.863. The number of ether oxygens (including phenoxy) is 1. The van der Waals surface area contributed by atoms with Crippen molar-refractivity contribution in [3.63, 3.8) is 0 Å². The molecule has 3 nitrogen and oxygen atoms in total. The molecule has 1 fully saturated rings. The maximum absolute atomic E-state index is 11.9. The molecule has 0 saturated heterocycles. The molecular weight excluding hydrogens is 317 g/mol. The average Bonchev–Trinajstić information content (AvgIpc) is 2.23. The summed E-state index contributed by atoms with van der Waals surface area (Å²) in [6, 6.07) is 7.88. The molecule has 0 aliphatic heterocycles. The van der Waals surface area contributed by atoms with E-state index in [2.05, 4.69) is 27.9 Å². The molecule has 1 amide bonds. The van der Waals surface area contributed by atoms with Crippen molar-refractivity contribution in [1.29, 1.82) is 0 Å². The van der Waals surface area contributed by atoms with Crippen molar-refractivity contribution >= 4 is 28.5 Å². The molecule has 1 N–H and O–H groups in total. The highest BCUT2D eigenvalue weighted by Crippen LogP contribution is 2.23. The Hall–Kier alpha value is -0.620. The van der Waals surface area contributed by atoms with Gasteiger partial charge in [-0.05, 0) is 47.6 Å². The highest BCUT2D eigenvalue weighted by Gasteiger charge is 2.30. The number of amides is 1. The first kappa shape index (κ1) is 11.9. The predicted octanol–water partition coefficient (Wildman–Crippen LogP) is 2.20. The number of carbonyl (C=O) groups is 1. The number of hydrogen-bond acceptors (Lipinski definition) is 2. The zero-order chi connectivity index (χ0) is 11.5. The summed E-state index contributed by atoms with van der Waals surface area (Å²) in [7, 11) is 1.71. The molecule has 0 aromatic heterocycles. The third-order valence-corrected chi connectivity index (χ3v) is 3.82. The number of halogens is 1. The van der Waals surface area contributed by atoms with Gasteiger partial charge in [0, 0.05) is 16.7 Å². The fourth-order valence-electron chi connectivity index (χ4n) is 1.78. The van der Waals surface area contributed by atoms with Gasteiger partial charge in [0.15, 0.2) is 0 Å². The Bertz CT molecular complexity index is 388. The molecule has 1 aliphatic rings. The Morgan fingerprint density at radius 3 is 2.75 bits per heavy atom. The lowest BCUT2D eigenvalue weighted by Crippen LogP contribution is -2.47. The first-order valence-electron chi connectivity index (χ1n) is 5.29. The lowest BCUT2D eigenvalue weighted by molar-refractivity contribution is 0.0176. The Labute approximate surface area is 109 Å².